The summed E-state index contributed by atoms with van der Waals surface area (Å²) >= 11 is 3.49. The quantitative estimate of drug-likeness (QED) is 0.740. The van der Waals surface area contributed by atoms with E-state index in [1.54, 1.807) is 14.2 Å². The molecule has 2 rings (SSSR count). The Balaban J connectivity index is 1.97. The molecule has 0 aliphatic rings. The lowest BCUT2D eigenvalue weighted by atomic mass is 10.2. The van der Waals surface area contributed by atoms with Gasteiger partial charge in [0, 0.05) is 42.0 Å². The van der Waals surface area contributed by atoms with Crippen molar-refractivity contribution in [1.29, 1.82) is 0 Å². The molecule has 1 aromatic carbocycles. The van der Waals surface area contributed by atoms with Gasteiger partial charge in [-0.2, -0.15) is 5.10 Å². The minimum absolute atomic E-state index is 0.681. The zero-order valence-corrected chi connectivity index (χ0v) is 13.9. The highest BCUT2D eigenvalue weighted by atomic mass is 79.9. The Hall–Kier alpha value is -1.37. The summed E-state index contributed by atoms with van der Waals surface area (Å²) in [6.07, 6.45) is 3.92. The van der Waals surface area contributed by atoms with Gasteiger partial charge in [0.25, 0.3) is 0 Å². The maximum Gasteiger partial charge on any atom is 0.124 e. The molecule has 0 bridgehead atoms. The Kier molecular flexibility index (Phi) is 6.22. The van der Waals surface area contributed by atoms with Crippen LogP contribution in [0.3, 0.4) is 0 Å². The molecule has 0 amide bonds. The van der Waals surface area contributed by atoms with Crippen LogP contribution in [0.5, 0.6) is 5.75 Å². The Morgan fingerprint density at radius 3 is 2.95 bits per heavy atom. The molecule has 0 unspecified atom stereocenters. The van der Waals surface area contributed by atoms with E-state index in [2.05, 4.69) is 32.4 Å². The summed E-state index contributed by atoms with van der Waals surface area (Å²) in [6, 6.07) is 5.98. The van der Waals surface area contributed by atoms with E-state index in [9.17, 15) is 0 Å². The molecule has 6 heteroatoms. The largest absolute Gasteiger partial charge is 0.496 e. The molecule has 1 N–H and O–H groups in total. The zero-order chi connectivity index (χ0) is 15.1. The van der Waals surface area contributed by atoms with Crippen LogP contribution in [-0.4, -0.2) is 37.2 Å². The first-order valence-corrected chi connectivity index (χ1v) is 7.55. The van der Waals surface area contributed by atoms with E-state index in [0.717, 1.165) is 34.4 Å². The van der Waals surface area contributed by atoms with E-state index in [1.807, 2.05) is 29.2 Å². The van der Waals surface area contributed by atoms with Crippen molar-refractivity contribution in [3.63, 3.8) is 0 Å². The fourth-order valence-electron chi connectivity index (χ4n) is 2.04. The fraction of sp³-hybridized carbons (Fsp3) is 0.400. The van der Waals surface area contributed by atoms with E-state index < -0.39 is 0 Å². The molecule has 114 valence electrons. The van der Waals surface area contributed by atoms with Crippen LogP contribution in [0, 0.1) is 0 Å². The van der Waals surface area contributed by atoms with Crippen molar-refractivity contribution in [2.75, 3.05) is 27.4 Å². The number of aromatic nitrogens is 2. The number of methoxy groups -OCH3 is 2. The van der Waals surface area contributed by atoms with Crippen molar-refractivity contribution < 1.29 is 9.47 Å². The van der Waals surface area contributed by atoms with Gasteiger partial charge >= 0.3 is 0 Å². The summed E-state index contributed by atoms with van der Waals surface area (Å²) < 4.78 is 13.3. The van der Waals surface area contributed by atoms with Crippen LogP contribution in [0.15, 0.2) is 35.1 Å². The number of halogens is 1. The molecular formula is C15H20BrN3O2. The van der Waals surface area contributed by atoms with E-state index in [0.29, 0.717) is 13.2 Å². The van der Waals surface area contributed by atoms with E-state index >= 15 is 0 Å². The highest BCUT2D eigenvalue weighted by Gasteiger charge is 2.06. The van der Waals surface area contributed by atoms with Gasteiger partial charge in [0.1, 0.15) is 5.75 Å². The molecule has 1 aromatic heterocycles. The average molecular weight is 354 g/mol. The summed E-state index contributed by atoms with van der Waals surface area (Å²) in [4.78, 5) is 0. The molecular weight excluding hydrogens is 334 g/mol. The van der Waals surface area contributed by atoms with Crippen LogP contribution >= 0.6 is 15.9 Å². The standard InChI is InChI=1S/C15H20BrN3O2/c1-20-6-5-17-8-12-9-18-19(10-12)11-13-7-14(16)3-4-15(13)21-2/h3-4,7,9-10,17H,5-6,8,11H2,1-2H3. The van der Waals surface area contributed by atoms with Gasteiger partial charge in [-0.25, -0.2) is 0 Å². The Bertz CT molecular complexity index is 572. The van der Waals surface area contributed by atoms with Crippen LogP contribution in [0.4, 0.5) is 0 Å². The number of ether oxygens (including phenoxy) is 2. The molecule has 21 heavy (non-hydrogen) atoms. The molecule has 0 spiro atoms. The molecule has 0 atom stereocenters. The monoisotopic (exact) mass is 353 g/mol. The SMILES string of the molecule is COCCNCc1cnn(Cc2cc(Br)ccc2OC)c1. The van der Waals surface area contributed by atoms with Gasteiger partial charge in [0.15, 0.2) is 0 Å². The maximum atomic E-state index is 5.38. The van der Waals surface area contributed by atoms with Crippen molar-refractivity contribution in [2.24, 2.45) is 0 Å². The summed E-state index contributed by atoms with van der Waals surface area (Å²) in [6.45, 7) is 3.02. The summed E-state index contributed by atoms with van der Waals surface area (Å²) in [7, 11) is 3.38. The first-order valence-electron chi connectivity index (χ1n) is 6.76. The second-order valence-corrected chi connectivity index (χ2v) is 5.59. The van der Waals surface area contributed by atoms with Crippen molar-refractivity contribution in [3.05, 3.63) is 46.2 Å². The summed E-state index contributed by atoms with van der Waals surface area (Å²) in [5.41, 5.74) is 2.24. The normalized spacial score (nSPS) is 10.8. The molecule has 0 saturated heterocycles. The topological polar surface area (TPSA) is 48.3 Å². The molecule has 0 aliphatic carbocycles. The zero-order valence-electron chi connectivity index (χ0n) is 12.3. The number of benzene rings is 1. The van der Waals surface area contributed by atoms with Gasteiger partial charge in [-0.1, -0.05) is 15.9 Å². The van der Waals surface area contributed by atoms with Gasteiger partial charge in [-0.15, -0.1) is 0 Å². The van der Waals surface area contributed by atoms with E-state index in [1.165, 1.54) is 0 Å². The van der Waals surface area contributed by atoms with Crippen LogP contribution in [0.25, 0.3) is 0 Å². The average Bonchev–Trinajstić information content (AvgIpc) is 2.91. The smallest absolute Gasteiger partial charge is 0.124 e. The van der Waals surface area contributed by atoms with Gasteiger partial charge in [-0.05, 0) is 18.2 Å². The minimum Gasteiger partial charge on any atom is -0.496 e. The number of hydrogen-bond donors (Lipinski definition) is 1. The molecule has 0 radical (unpaired) electrons. The molecule has 0 fully saturated rings. The highest BCUT2D eigenvalue weighted by Crippen LogP contribution is 2.23. The predicted molar refractivity (Wildman–Crippen MR) is 85.6 cm³/mol. The predicted octanol–water partition coefficient (Wildman–Crippen LogP) is 2.44. The van der Waals surface area contributed by atoms with Crippen LogP contribution in [0.1, 0.15) is 11.1 Å². The second kappa shape index (κ2) is 8.17. The summed E-state index contributed by atoms with van der Waals surface area (Å²) in [5.74, 6) is 0.869. The van der Waals surface area contributed by atoms with Crippen molar-refractivity contribution in [3.8, 4) is 5.75 Å². The van der Waals surface area contributed by atoms with E-state index in [4.69, 9.17) is 9.47 Å². The lowest BCUT2D eigenvalue weighted by Crippen LogP contribution is -2.18. The second-order valence-electron chi connectivity index (χ2n) is 4.67. The maximum absolute atomic E-state index is 5.38. The first kappa shape index (κ1) is 16.0. The van der Waals surface area contributed by atoms with Gasteiger partial charge in [0.2, 0.25) is 0 Å². The van der Waals surface area contributed by atoms with Gasteiger partial charge in [0.05, 0.1) is 26.5 Å². The molecule has 0 saturated carbocycles. The van der Waals surface area contributed by atoms with E-state index in [-0.39, 0.29) is 0 Å². The third-order valence-electron chi connectivity index (χ3n) is 3.07. The van der Waals surface area contributed by atoms with Gasteiger partial charge < -0.3 is 14.8 Å². The van der Waals surface area contributed by atoms with Gasteiger partial charge in [-0.3, -0.25) is 4.68 Å². The lowest BCUT2D eigenvalue weighted by Gasteiger charge is -2.09. The minimum atomic E-state index is 0.681. The third-order valence-corrected chi connectivity index (χ3v) is 3.57. The molecule has 1 heterocycles. The van der Waals surface area contributed by atoms with Crippen molar-refractivity contribution in [2.45, 2.75) is 13.1 Å². The molecule has 5 nitrogen and oxygen atoms in total. The number of rotatable bonds is 8. The third kappa shape index (κ3) is 4.84. The summed E-state index contributed by atoms with van der Waals surface area (Å²) in [5, 5.41) is 7.69. The number of nitrogens with one attached hydrogen (secondary N) is 1. The molecule has 0 aliphatic heterocycles. The molecule has 2 aromatic rings. The Morgan fingerprint density at radius 1 is 1.33 bits per heavy atom. The van der Waals surface area contributed by atoms with Crippen LogP contribution in [0.2, 0.25) is 0 Å². The number of nitrogens with zero attached hydrogens (tertiary/aromatic N) is 2. The number of hydrogen-bond acceptors (Lipinski definition) is 4. The Labute approximate surface area is 133 Å². The fourth-order valence-corrected chi connectivity index (χ4v) is 2.44. The van der Waals surface area contributed by atoms with Crippen LogP contribution < -0.4 is 10.1 Å². The lowest BCUT2D eigenvalue weighted by molar-refractivity contribution is 0.199. The highest BCUT2D eigenvalue weighted by molar-refractivity contribution is 9.10. The first-order chi connectivity index (χ1) is 10.2. The van der Waals surface area contributed by atoms with Crippen LogP contribution in [-0.2, 0) is 17.8 Å². The Morgan fingerprint density at radius 2 is 2.19 bits per heavy atom. The van der Waals surface area contributed by atoms with Crippen molar-refractivity contribution in [1.82, 2.24) is 15.1 Å². The van der Waals surface area contributed by atoms with Crippen molar-refractivity contribution >= 4 is 15.9 Å².